The molecule has 38 heavy (non-hydrogen) atoms. The van der Waals surface area contributed by atoms with Crippen LogP contribution in [0.3, 0.4) is 0 Å². The summed E-state index contributed by atoms with van der Waals surface area (Å²) in [5.41, 5.74) is 4.12. The van der Waals surface area contributed by atoms with Crippen molar-refractivity contribution < 1.29 is 17.5 Å². The first kappa shape index (κ1) is 26.3. The van der Waals surface area contributed by atoms with Crippen molar-refractivity contribution in [2.75, 3.05) is 45.6 Å². The second-order valence-corrected chi connectivity index (χ2v) is 11.8. The van der Waals surface area contributed by atoms with Crippen LogP contribution in [0.1, 0.15) is 28.3 Å². The molecular formula is C28H32FN5O3S. The number of ether oxygens (including phenoxy) is 1. The molecule has 4 aromatic rings. The van der Waals surface area contributed by atoms with Crippen LogP contribution in [-0.4, -0.2) is 78.2 Å². The van der Waals surface area contributed by atoms with E-state index < -0.39 is 10.0 Å². The van der Waals surface area contributed by atoms with E-state index in [4.69, 9.17) is 4.74 Å². The third kappa shape index (κ3) is 6.38. The monoisotopic (exact) mass is 537 g/mol. The first-order chi connectivity index (χ1) is 18.2. The molecule has 5 rings (SSSR count). The van der Waals surface area contributed by atoms with Crippen LogP contribution < -0.4 is 4.74 Å². The van der Waals surface area contributed by atoms with Crippen LogP contribution in [0.2, 0.25) is 0 Å². The molecule has 1 aliphatic rings. The van der Waals surface area contributed by atoms with Gasteiger partial charge in [0.1, 0.15) is 24.0 Å². The Kier molecular flexibility index (Phi) is 7.73. The second-order valence-electron chi connectivity index (χ2n) is 9.77. The van der Waals surface area contributed by atoms with Crippen molar-refractivity contribution in [3.8, 4) is 5.75 Å². The first-order valence-electron chi connectivity index (χ1n) is 12.7. The molecule has 2 aromatic carbocycles. The number of sulfonamides is 1. The third-order valence-electron chi connectivity index (χ3n) is 6.82. The predicted octanol–water partition coefficient (Wildman–Crippen LogP) is 3.54. The van der Waals surface area contributed by atoms with Crippen molar-refractivity contribution >= 4 is 20.9 Å². The van der Waals surface area contributed by atoms with E-state index in [-0.39, 0.29) is 5.82 Å². The summed E-state index contributed by atoms with van der Waals surface area (Å²) in [5, 5.41) is 0.599. The van der Waals surface area contributed by atoms with Gasteiger partial charge in [0.2, 0.25) is 10.0 Å². The molecular weight excluding hydrogens is 505 g/mol. The Bertz CT molecular complexity index is 1530. The Balaban J connectivity index is 1.17. The van der Waals surface area contributed by atoms with E-state index in [9.17, 15) is 8.42 Å². The maximum atomic E-state index is 15.0. The smallest absolute Gasteiger partial charge is 0.211 e. The Hall–Kier alpha value is -3.34. The number of nitrogens with one attached hydrogen (secondary N) is 1. The van der Waals surface area contributed by atoms with Gasteiger partial charge in [0.05, 0.1) is 6.26 Å². The van der Waals surface area contributed by atoms with E-state index >= 15 is 4.39 Å². The zero-order valence-corrected chi connectivity index (χ0v) is 22.5. The maximum Gasteiger partial charge on any atom is 0.211 e. The van der Waals surface area contributed by atoms with Crippen molar-refractivity contribution in [2.45, 2.75) is 19.8 Å². The highest BCUT2D eigenvalue weighted by Crippen LogP contribution is 2.24. The van der Waals surface area contributed by atoms with E-state index in [1.54, 1.807) is 6.20 Å². The number of halogens is 1. The van der Waals surface area contributed by atoms with Gasteiger partial charge in [-0.25, -0.2) is 22.8 Å². The molecule has 0 spiro atoms. The van der Waals surface area contributed by atoms with E-state index in [2.05, 4.69) is 19.9 Å². The standard InChI is InChI=1S/C28H32FN5O3S/c1-20-16-25-26(31-20)7-6-22(28(25)29)19-23-8-9-30-27(32-23)18-21-4-3-5-24(17-21)37-15-14-33-10-12-34(13-11-33)38(2,35)36/h3-9,16-17,31H,10-15,18-19H2,1-2H3. The van der Waals surface area contributed by atoms with Gasteiger partial charge in [-0.1, -0.05) is 18.2 Å². The quantitative estimate of drug-likeness (QED) is 0.351. The third-order valence-corrected chi connectivity index (χ3v) is 8.13. The first-order valence-corrected chi connectivity index (χ1v) is 14.6. The number of aromatic amines is 1. The number of rotatable bonds is 9. The molecule has 1 N–H and O–H groups in total. The Morgan fingerprint density at radius 2 is 1.87 bits per heavy atom. The molecule has 8 nitrogen and oxygen atoms in total. The van der Waals surface area contributed by atoms with Gasteiger partial charge in [0, 0.05) is 74.1 Å². The fourth-order valence-electron chi connectivity index (χ4n) is 4.81. The van der Waals surface area contributed by atoms with E-state index in [1.165, 1.54) is 10.6 Å². The van der Waals surface area contributed by atoms with Gasteiger partial charge < -0.3 is 9.72 Å². The highest BCUT2D eigenvalue weighted by molar-refractivity contribution is 7.88. The second kappa shape index (κ2) is 11.2. The minimum Gasteiger partial charge on any atom is -0.492 e. The fourth-order valence-corrected chi connectivity index (χ4v) is 5.64. The summed E-state index contributed by atoms with van der Waals surface area (Å²) in [4.78, 5) is 14.5. The molecule has 0 bridgehead atoms. The van der Waals surface area contributed by atoms with Gasteiger partial charge >= 0.3 is 0 Å². The molecule has 3 heterocycles. The van der Waals surface area contributed by atoms with Crippen LogP contribution >= 0.6 is 0 Å². The van der Waals surface area contributed by atoms with Crippen LogP contribution in [0.15, 0.2) is 54.7 Å². The Morgan fingerprint density at radius 3 is 2.66 bits per heavy atom. The van der Waals surface area contributed by atoms with Crippen molar-refractivity contribution in [1.29, 1.82) is 0 Å². The molecule has 2 aromatic heterocycles. The number of nitrogens with zero attached hydrogens (tertiary/aromatic N) is 4. The van der Waals surface area contributed by atoms with E-state index in [1.807, 2.05) is 55.5 Å². The Labute approximate surface area is 222 Å². The summed E-state index contributed by atoms with van der Waals surface area (Å²) in [6, 6.07) is 15.2. The lowest BCUT2D eigenvalue weighted by atomic mass is 10.1. The number of piperazine rings is 1. The average Bonchev–Trinajstić information content (AvgIpc) is 3.27. The van der Waals surface area contributed by atoms with Gasteiger partial charge in [0.15, 0.2) is 0 Å². The summed E-state index contributed by atoms with van der Waals surface area (Å²) in [6.45, 7) is 5.60. The summed E-state index contributed by atoms with van der Waals surface area (Å²) < 4.78 is 45.9. The fraction of sp³-hybridized carbons (Fsp3) is 0.357. The summed E-state index contributed by atoms with van der Waals surface area (Å²) in [6.07, 6.45) is 3.91. The maximum absolute atomic E-state index is 15.0. The molecule has 10 heteroatoms. The van der Waals surface area contributed by atoms with Gasteiger partial charge in [-0.2, -0.15) is 4.31 Å². The number of benzene rings is 2. The Morgan fingerprint density at radius 1 is 1.05 bits per heavy atom. The SMILES string of the molecule is Cc1cc2c(F)c(Cc3ccnc(Cc4cccc(OCCN5CCN(S(C)(=O)=O)CC5)c4)n3)ccc2[nH]1. The molecule has 1 saturated heterocycles. The molecule has 0 aliphatic carbocycles. The number of H-pyrrole nitrogens is 1. The number of hydrogen-bond acceptors (Lipinski definition) is 6. The van der Waals surface area contributed by atoms with Gasteiger partial charge in [-0.3, -0.25) is 4.90 Å². The lowest BCUT2D eigenvalue weighted by Crippen LogP contribution is -2.49. The minimum atomic E-state index is -3.12. The molecule has 1 fully saturated rings. The average molecular weight is 538 g/mol. The molecule has 0 radical (unpaired) electrons. The molecule has 0 unspecified atom stereocenters. The van der Waals surface area contributed by atoms with Crippen molar-refractivity contribution in [2.24, 2.45) is 0 Å². The number of aromatic nitrogens is 3. The normalized spacial score (nSPS) is 15.2. The van der Waals surface area contributed by atoms with Crippen LogP contribution in [-0.2, 0) is 22.9 Å². The van der Waals surface area contributed by atoms with Crippen LogP contribution in [0.5, 0.6) is 5.75 Å². The zero-order valence-electron chi connectivity index (χ0n) is 21.7. The molecule has 0 saturated carbocycles. The van der Waals surface area contributed by atoms with Gasteiger partial charge in [-0.05, 0) is 48.4 Å². The van der Waals surface area contributed by atoms with Crippen molar-refractivity contribution in [3.63, 3.8) is 0 Å². The van der Waals surface area contributed by atoms with Crippen molar-refractivity contribution in [1.82, 2.24) is 24.2 Å². The lowest BCUT2D eigenvalue weighted by molar-refractivity contribution is 0.159. The van der Waals surface area contributed by atoms with Gasteiger partial charge in [-0.15, -0.1) is 0 Å². The summed E-state index contributed by atoms with van der Waals surface area (Å²) in [5.74, 6) is 1.22. The topological polar surface area (TPSA) is 91.4 Å². The van der Waals surface area contributed by atoms with Crippen LogP contribution in [0, 0.1) is 12.7 Å². The van der Waals surface area contributed by atoms with Gasteiger partial charge in [0.25, 0.3) is 0 Å². The van der Waals surface area contributed by atoms with Crippen LogP contribution in [0.25, 0.3) is 10.9 Å². The highest BCUT2D eigenvalue weighted by Gasteiger charge is 2.23. The predicted molar refractivity (Wildman–Crippen MR) is 145 cm³/mol. The minimum absolute atomic E-state index is 0.214. The molecule has 0 amide bonds. The summed E-state index contributed by atoms with van der Waals surface area (Å²) >= 11 is 0. The van der Waals surface area contributed by atoms with E-state index in [0.29, 0.717) is 62.4 Å². The highest BCUT2D eigenvalue weighted by atomic mass is 32.2. The summed E-state index contributed by atoms with van der Waals surface area (Å²) in [7, 11) is -3.12. The lowest BCUT2D eigenvalue weighted by Gasteiger charge is -2.33. The zero-order chi connectivity index (χ0) is 26.7. The van der Waals surface area contributed by atoms with Crippen LogP contribution in [0.4, 0.5) is 4.39 Å². The largest absolute Gasteiger partial charge is 0.492 e. The van der Waals surface area contributed by atoms with E-state index in [0.717, 1.165) is 34.8 Å². The van der Waals surface area contributed by atoms with Crippen molar-refractivity contribution in [3.05, 3.63) is 88.9 Å². The molecule has 0 atom stereocenters. The number of aryl methyl sites for hydroxylation is 1. The number of fused-ring (bicyclic) bond motifs is 1. The molecule has 200 valence electrons. The number of hydrogen-bond donors (Lipinski definition) is 1. The molecule has 1 aliphatic heterocycles.